The van der Waals surface area contributed by atoms with E-state index in [1.807, 2.05) is 25.1 Å². The lowest BCUT2D eigenvalue weighted by molar-refractivity contribution is 0.359. The van der Waals surface area contributed by atoms with Gasteiger partial charge in [0.05, 0.1) is 5.69 Å². The average molecular weight is 233 g/mol. The summed E-state index contributed by atoms with van der Waals surface area (Å²) in [6.45, 7) is 7.92. The van der Waals surface area contributed by atoms with Crippen LogP contribution in [0.25, 0.3) is 0 Å². The number of nitrogens with zero attached hydrogens (tertiary/aromatic N) is 2. The summed E-state index contributed by atoms with van der Waals surface area (Å²) >= 11 is 0. The fraction of sp³-hybridized carbons (Fsp3) is 0.538. The van der Waals surface area contributed by atoms with E-state index in [9.17, 15) is 0 Å². The van der Waals surface area contributed by atoms with Crippen LogP contribution in [0.4, 0.5) is 0 Å². The van der Waals surface area contributed by atoms with Crippen molar-refractivity contribution in [1.82, 2.24) is 10.3 Å². The monoisotopic (exact) mass is 233 g/mol. The molecule has 0 saturated heterocycles. The molecular formula is C13H19N3O. The van der Waals surface area contributed by atoms with E-state index < -0.39 is 0 Å². The number of pyridine rings is 1. The minimum Gasteiger partial charge on any atom is -0.477 e. The largest absolute Gasteiger partial charge is 0.477 e. The van der Waals surface area contributed by atoms with Gasteiger partial charge in [0.2, 0.25) is 0 Å². The highest BCUT2D eigenvalue weighted by atomic mass is 16.5. The Balaban J connectivity index is 2.66. The predicted octanol–water partition coefficient (Wildman–Crippen LogP) is 2.04. The van der Waals surface area contributed by atoms with Crippen LogP contribution in [0.5, 0.6) is 5.75 Å². The van der Waals surface area contributed by atoms with E-state index >= 15 is 0 Å². The molecule has 1 aromatic rings. The molecule has 0 aliphatic heterocycles. The summed E-state index contributed by atoms with van der Waals surface area (Å²) in [6, 6.07) is 5.72. The Morgan fingerprint density at radius 1 is 1.47 bits per heavy atom. The molecule has 0 atom stereocenters. The molecule has 0 saturated carbocycles. The van der Waals surface area contributed by atoms with Gasteiger partial charge in [0.15, 0.2) is 6.61 Å². The summed E-state index contributed by atoms with van der Waals surface area (Å²) in [5.41, 5.74) is 1.82. The fourth-order valence-electron chi connectivity index (χ4n) is 1.45. The molecule has 1 rings (SSSR count). The van der Waals surface area contributed by atoms with E-state index in [1.54, 1.807) is 0 Å². The Labute approximate surface area is 103 Å². The summed E-state index contributed by atoms with van der Waals surface area (Å²) in [4.78, 5) is 4.43. The van der Waals surface area contributed by atoms with Crippen molar-refractivity contribution in [3.05, 3.63) is 23.5 Å². The van der Waals surface area contributed by atoms with E-state index in [2.05, 4.69) is 24.1 Å². The summed E-state index contributed by atoms with van der Waals surface area (Å²) < 4.78 is 5.34. The molecule has 0 amide bonds. The zero-order valence-corrected chi connectivity index (χ0v) is 10.7. The van der Waals surface area contributed by atoms with E-state index in [-0.39, 0.29) is 6.61 Å². The van der Waals surface area contributed by atoms with Crippen LogP contribution in [0.15, 0.2) is 12.1 Å². The maximum absolute atomic E-state index is 8.51. The van der Waals surface area contributed by atoms with Crippen molar-refractivity contribution in [2.24, 2.45) is 5.92 Å². The molecule has 0 aromatic carbocycles. The molecule has 17 heavy (non-hydrogen) atoms. The summed E-state index contributed by atoms with van der Waals surface area (Å²) in [5.74, 6) is 1.29. The quantitative estimate of drug-likeness (QED) is 0.817. The van der Waals surface area contributed by atoms with Gasteiger partial charge in [-0.25, -0.2) is 0 Å². The Hall–Kier alpha value is -1.60. The number of nitrogens with one attached hydrogen (secondary N) is 1. The highest BCUT2D eigenvalue weighted by Crippen LogP contribution is 2.16. The van der Waals surface area contributed by atoms with Crippen molar-refractivity contribution in [2.75, 3.05) is 13.2 Å². The topological polar surface area (TPSA) is 57.9 Å². The summed E-state index contributed by atoms with van der Waals surface area (Å²) in [7, 11) is 0. The van der Waals surface area contributed by atoms with Crippen LogP contribution in [0.1, 0.15) is 25.2 Å². The maximum atomic E-state index is 8.51. The van der Waals surface area contributed by atoms with Crippen LogP contribution >= 0.6 is 0 Å². The minimum atomic E-state index is 0.0575. The maximum Gasteiger partial charge on any atom is 0.174 e. The number of hydrogen-bond donors (Lipinski definition) is 1. The first-order valence-electron chi connectivity index (χ1n) is 5.80. The third kappa shape index (κ3) is 4.83. The van der Waals surface area contributed by atoms with E-state index in [4.69, 9.17) is 10.00 Å². The molecule has 1 heterocycles. The Morgan fingerprint density at radius 3 is 2.88 bits per heavy atom. The number of aryl methyl sites for hydroxylation is 1. The zero-order chi connectivity index (χ0) is 12.7. The molecule has 92 valence electrons. The van der Waals surface area contributed by atoms with E-state index in [1.165, 1.54) is 0 Å². The molecule has 0 spiro atoms. The van der Waals surface area contributed by atoms with Crippen molar-refractivity contribution in [1.29, 1.82) is 5.26 Å². The SMILES string of the molecule is Cc1ccc(OCC#N)c(CNCC(C)C)n1. The van der Waals surface area contributed by atoms with E-state index in [0.717, 1.165) is 17.9 Å². The third-order valence-corrected chi connectivity index (χ3v) is 2.21. The number of nitriles is 1. The van der Waals surface area contributed by atoms with E-state index in [0.29, 0.717) is 18.2 Å². The number of hydrogen-bond acceptors (Lipinski definition) is 4. The Kier molecular flexibility index (Phi) is 5.44. The molecule has 0 aliphatic rings. The predicted molar refractivity (Wildman–Crippen MR) is 66.6 cm³/mol. The van der Waals surface area contributed by atoms with Gasteiger partial charge in [-0.1, -0.05) is 13.8 Å². The zero-order valence-electron chi connectivity index (χ0n) is 10.7. The highest BCUT2D eigenvalue weighted by Gasteiger charge is 2.06. The number of aromatic nitrogens is 1. The summed E-state index contributed by atoms with van der Waals surface area (Å²) in [5, 5.41) is 11.8. The van der Waals surface area contributed by atoms with Crippen LogP contribution in [-0.2, 0) is 6.54 Å². The molecule has 4 nitrogen and oxygen atoms in total. The van der Waals surface area contributed by atoms with Gasteiger partial charge in [-0.05, 0) is 31.5 Å². The van der Waals surface area contributed by atoms with Gasteiger partial charge in [0, 0.05) is 12.2 Å². The molecule has 0 aliphatic carbocycles. The van der Waals surface area contributed by atoms with Gasteiger partial charge in [-0.2, -0.15) is 5.26 Å². The molecule has 0 fully saturated rings. The van der Waals surface area contributed by atoms with Gasteiger partial charge in [0.25, 0.3) is 0 Å². The molecule has 0 radical (unpaired) electrons. The molecule has 4 heteroatoms. The lowest BCUT2D eigenvalue weighted by Gasteiger charge is -2.11. The summed E-state index contributed by atoms with van der Waals surface area (Å²) in [6.07, 6.45) is 0. The molecule has 0 unspecified atom stereocenters. The molecule has 1 aromatic heterocycles. The molecule has 1 N–H and O–H groups in total. The fourth-order valence-corrected chi connectivity index (χ4v) is 1.45. The standard InChI is InChI=1S/C13H19N3O/c1-10(2)8-15-9-12-13(17-7-6-14)5-4-11(3)16-12/h4-5,10,15H,7-9H2,1-3H3. The first kappa shape index (κ1) is 13.5. The second-order valence-corrected chi connectivity index (χ2v) is 4.37. The first-order valence-corrected chi connectivity index (χ1v) is 5.80. The third-order valence-electron chi connectivity index (χ3n) is 2.21. The minimum absolute atomic E-state index is 0.0575. The number of rotatable bonds is 6. The van der Waals surface area contributed by atoms with Gasteiger partial charge in [0.1, 0.15) is 11.8 Å². The lowest BCUT2D eigenvalue weighted by Crippen LogP contribution is -2.20. The molecular weight excluding hydrogens is 214 g/mol. The Bertz CT molecular complexity index is 396. The van der Waals surface area contributed by atoms with Crippen molar-refractivity contribution >= 4 is 0 Å². The normalized spacial score (nSPS) is 10.3. The van der Waals surface area contributed by atoms with Crippen LogP contribution in [-0.4, -0.2) is 18.1 Å². The highest BCUT2D eigenvalue weighted by molar-refractivity contribution is 5.29. The van der Waals surface area contributed by atoms with Crippen LogP contribution in [0.2, 0.25) is 0 Å². The number of ether oxygens (including phenoxy) is 1. The first-order chi connectivity index (χ1) is 8.13. The second-order valence-electron chi connectivity index (χ2n) is 4.37. The smallest absolute Gasteiger partial charge is 0.174 e. The lowest BCUT2D eigenvalue weighted by atomic mass is 10.2. The Morgan fingerprint density at radius 2 is 2.24 bits per heavy atom. The van der Waals surface area contributed by atoms with Crippen molar-refractivity contribution in [2.45, 2.75) is 27.3 Å². The van der Waals surface area contributed by atoms with Crippen molar-refractivity contribution in [3.8, 4) is 11.8 Å². The molecule has 0 bridgehead atoms. The van der Waals surface area contributed by atoms with Gasteiger partial charge < -0.3 is 10.1 Å². The van der Waals surface area contributed by atoms with Gasteiger partial charge in [-0.3, -0.25) is 4.98 Å². The van der Waals surface area contributed by atoms with Crippen molar-refractivity contribution < 1.29 is 4.74 Å². The van der Waals surface area contributed by atoms with Crippen LogP contribution in [0, 0.1) is 24.2 Å². The van der Waals surface area contributed by atoms with Crippen LogP contribution in [0.3, 0.4) is 0 Å². The van der Waals surface area contributed by atoms with Crippen LogP contribution < -0.4 is 10.1 Å². The second kappa shape index (κ2) is 6.87. The van der Waals surface area contributed by atoms with Crippen molar-refractivity contribution in [3.63, 3.8) is 0 Å². The van der Waals surface area contributed by atoms with Gasteiger partial charge >= 0.3 is 0 Å². The average Bonchev–Trinajstić information content (AvgIpc) is 2.27. The van der Waals surface area contributed by atoms with Gasteiger partial charge in [-0.15, -0.1) is 0 Å².